The minimum absolute atomic E-state index is 0.0963. The quantitative estimate of drug-likeness (QED) is 0.434. The highest BCUT2D eigenvalue weighted by Crippen LogP contribution is 2.62. The van der Waals surface area contributed by atoms with Crippen LogP contribution in [0.3, 0.4) is 0 Å². The molecule has 1 heterocycles. The van der Waals surface area contributed by atoms with Crippen LogP contribution in [0.15, 0.2) is 24.3 Å². The van der Waals surface area contributed by atoms with Gasteiger partial charge >= 0.3 is 13.6 Å². The van der Waals surface area contributed by atoms with Crippen molar-refractivity contribution < 1.29 is 27.9 Å². The van der Waals surface area contributed by atoms with E-state index in [0.29, 0.717) is 18.6 Å². The molecule has 0 saturated heterocycles. The Labute approximate surface area is 147 Å². The molecule has 6 nitrogen and oxygen atoms in total. The molecule has 3 atom stereocenters. The highest BCUT2D eigenvalue weighted by Gasteiger charge is 2.55. The SMILES string of the molecule is CCOP(=O)(OCC)[C@H]1C(=O)Oc2ccccc2[C@@H]1[C@@H]1CCCC1=O. The van der Waals surface area contributed by atoms with Gasteiger partial charge in [-0.05, 0) is 32.8 Å². The largest absolute Gasteiger partial charge is 0.426 e. The van der Waals surface area contributed by atoms with Crippen LogP contribution >= 0.6 is 7.60 Å². The van der Waals surface area contributed by atoms with E-state index in [2.05, 4.69) is 0 Å². The first-order valence-corrected chi connectivity index (χ1v) is 10.3. The number of esters is 1. The number of rotatable bonds is 6. The fourth-order valence-corrected chi connectivity index (χ4v) is 6.07. The predicted octanol–water partition coefficient (Wildman–Crippen LogP) is 3.69. The topological polar surface area (TPSA) is 78.9 Å². The number of Topliss-reactive ketones (excluding diaryl/α,β-unsaturated/α-hetero) is 1. The summed E-state index contributed by atoms with van der Waals surface area (Å²) in [6.45, 7) is 3.69. The summed E-state index contributed by atoms with van der Waals surface area (Å²) in [5.41, 5.74) is -0.388. The minimum atomic E-state index is -3.77. The zero-order valence-electron chi connectivity index (χ0n) is 14.5. The number of ether oxygens (including phenoxy) is 1. The van der Waals surface area contributed by atoms with E-state index in [4.69, 9.17) is 13.8 Å². The van der Waals surface area contributed by atoms with Crippen molar-refractivity contribution in [2.24, 2.45) is 5.92 Å². The molecule has 1 aromatic carbocycles. The fourth-order valence-electron chi connectivity index (χ4n) is 3.88. The molecule has 25 heavy (non-hydrogen) atoms. The van der Waals surface area contributed by atoms with Crippen LogP contribution in [-0.2, 0) is 23.2 Å². The second-order valence-electron chi connectivity index (χ2n) is 6.27. The molecule has 1 aliphatic heterocycles. The van der Waals surface area contributed by atoms with Crippen LogP contribution in [0.1, 0.15) is 44.6 Å². The first-order chi connectivity index (χ1) is 12.0. The smallest absolute Gasteiger partial charge is 0.345 e. The fraction of sp³-hybridized carbons (Fsp3) is 0.556. The molecule has 0 radical (unpaired) electrons. The predicted molar refractivity (Wildman–Crippen MR) is 91.8 cm³/mol. The van der Waals surface area contributed by atoms with Crippen molar-refractivity contribution in [2.45, 2.75) is 44.7 Å². The van der Waals surface area contributed by atoms with Gasteiger partial charge in [0.25, 0.3) is 0 Å². The van der Waals surface area contributed by atoms with E-state index in [-0.39, 0.29) is 24.9 Å². The van der Waals surface area contributed by atoms with Gasteiger partial charge in [0.15, 0.2) is 5.66 Å². The van der Waals surface area contributed by atoms with Gasteiger partial charge in [-0.2, -0.15) is 0 Å². The summed E-state index contributed by atoms with van der Waals surface area (Å²) in [6, 6.07) is 7.12. The van der Waals surface area contributed by atoms with E-state index >= 15 is 0 Å². The number of fused-ring (bicyclic) bond motifs is 1. The summed E-state index contributed by atoms with van der Waals surface area (Å²) in [5, 5.41) is 0. The Kier molecular flexibility index (Phi) is 5.42. The Balaban J connectivity index is 2.12. The van der Waals surface area contributed by atoms with Crippen LogP contribution in [-0.4, -0.2) is 30.6 Å². The molecule has 7 heteroatoms. The lowest BCUT2D eigenvalue weighted by Gasteiger charge is -2.37. The van der Waals surface area contributed by atoms with Gasteiger partial charge in [0, 0.05) is 23.8 Å². The molecule has 2 aliphatic rings. The van der Waals surface area contributed by atoms with E-state index in [0.717, 1.165) is 12.0 Å². The summed E-state index contributed by atoms with van der Waals surface area (Å²) >= 11 is 0. The summed E-state index contributed by atoms with van der Waals surface area (Å²) in [7, 11) is -3.77. The highest BCUT2D eigenvalue weighted by atomic mass is 31.2. The third-order valence-corrected chi connectivity index (χ3v) is 7.26. The molecule has 0 unspecified atom stereocenters. The number of carbonyl (C=O) groups is 2. The molecule has 1 saturated carbocycles. The number of carbonyl (C=O) groups excluding carboxylic acids is 2. The number of ketones is 1. The van der Waals surface area contributed by atoms with Gasteiger partial charge in [0.1, 0.15) is 11.5 Å². The second-order valence-corrected chi connectivity index (χ2v) is 8.42. The zero-order valence-corrected chi connectivity index (χ0v) is 15.4. The van der Waals surface area contributed by atoms with E-state index in [9.17, 15) is 14.2 Å². The third-order valence-electron chi connectivity index (χ3n) is 4.81. The third kappa shape index (κ3) is 3.31. The van der Waals surface area contributed by atoms with Crippen molar-refractivity contribution in [3.63, 3.8) is 0 Å². The molecule has 1 fully saturated rings. The molecule has 0 amide bonds. The Bertz CT molecular complexity index is 705. The zero-order chi connectivity index (χ0) is 18.0. The molecule has 0 aromatic heterocycles. The summed E-state index contributed by atoms with van der Waals surface area (Å²) in [4.78, 5) is 25.2. The normalized spacial score (nSPS) is 26.4. The summed E-state index contributed by atoms with van der Waals surface area (Å²) < 4.78 is 29.7. The maximum Gasteiger partial charge on any atom is 0.345 e. The van der Waals surface area contributed by atoms with Crippen molar-refractivity contribution >= 4 is 19.3 Å². The summed E-state index contributed by atoms with van der Waals surface area (Å²) in [6.07, 6.45) is 1.93. The van der Waals surface area contributed by atoms with E-state index in [1.165, 1.54) is 0 Å². The molecule has 1 aromatic rings. The van der Waals surface area contributed by atoms with E-state index < -0.39 is 25.1 Å². The van der Waals surface area contributed by atoms with Crippen LogP contribution in [0.25, 0.3) is 0 Å². The lowest BCUT2D eigenvalue weighted by atomic mass is 9.80. The van der Waals surface area contributed by atoms with Crippen molar-refractivity contribution in [1.82, 2.24) is 0 Å². The molecular formula is C18H23O6P. The maximum absolute atomic E-state index is 13.4. The van der Waals surface area contributed by atoms with Gasteiger partial charge in [0.05, 0.1) is 13.2 Å². The molecule has 136 valence electrons. The first-order valence-electron chi connectivity index (χ1n) is 8.74. The van der Waals surface area contributed by atoms with Gasteiger partial charge in [-0.25, -0.2) is 0 Å². The van der Waals surface area contributed by atoms with Gasteiger partial charge in [0.2, 0.25) is 0 Å². The van der Waals surface area contributed by atoms with Gasteiger partial charge in [-0.1, -0.05) is 18.2 Å². The number of benzene rings is 1. The number of hydrogen-bond acceptors (Lipinski definition) is 6. The monoisotopic (exact) mass is 366 g/mol. The average molecular weight is 366 g/mol. The lowest BCUT2D eigenvalue weighted by molar-refractivity contribution is -0.136. The van der Waals surface area contributed by atoms with E-state index in [1.807, 2.05) is 12.1 Å². The first kappa shape index (κ1) is 18.3. The highest BCUT2D eigenvalue weighted by molar-refractivity contribution is 7.55. The van der Waals surface area contributed by atoms with Gasteiger partial charge in [-0.3, -0.25) is 14.2 Å². The number of hydrogen-bond donors (Lipinski definition) is 0. The van der Waals surface area contributed by atoms with Crippen LogP contribution in [0.4, 0.5) is 0 Å². The van der Waals surface area contributed by atoms with Crippen LogP contribution < -0.4 is 4.74 Å². The Morgan fingerprint density at radius 3 is 2.44 bits per heavy atom. The Morgan fingerprint density at radius 2 is 1.84 bits per heavy atom. The minimum Gasteiger partial charge on any atom is -0.426 e. The standard InChI is InChI=1S/C18H23O6P/c1-3-22-25(21,23-4-2)17-16(12-9-7-10-14(12)19)13-8-5-6-11-15(13)24-18(17)20/h5-6,8,11-12,16-17H,3-4,7,9-10H2,1-2H3/t12-,16+,17-/m1/s1. The van der Waals surface area contributed by atoms with Gasteiger partial charge in [-0.15, -0.1) is 0 Å². The van der Waals surface area contributed by atoms with Crippen LogP contribution in [0, 0.1) is 5.92 Å². The lowest BCUT2D eigenvalue weighted by Crippen LogP contribution is -2.41. The number of para-hydroxylation sites is 1. The van der Waals surface area contributed by atoms with E-state index in [1.54, 1.807) is 26.0 Å². The molecule has 1 aliphatic carbocycles. The Hall–Kier alpha value is -1.49. The average Bonchev–Trinajstić information content (AvgIpc) is 2.99. The Morgan fingerprint density at radius 1 is 1.16 bits per heavy atom. The van der Waals surface area contributed by atoms with Crippen molar-refractivity contribution in [1.29, 1.82) is 0 Å². The molecule has 0 spiro atoms. The molecular weight excluding hydrogens is 343 g/mol. The summed E-state index contributed by atoms with van der Waals surface area (Å²) in [5.74, 6) is -1.04. The van der Waals surface area contributed by atoms with Crippen LogP contribution in [0.2, 0.25) is 0 Å². The maximum atomic E-state index is 13.4. The molecule has 0 N–H and O–H groups in total. The van der Waals surface area contributed by atoms with Gasteiger partial charge < -0.3 is 13.8 Å². The van der Waals surface area contributed by atoms with Crippen LogP contribution in [0.5, 0.6) is 5.75 Å². The van der Waals surface area contributed by atoms with Crippen molar-refractivity contribution in [3.8, 4) is 5.75 Å². The molecule has 3 rings (SSSR count). The van der Waals surface area contributed by atoms with Crippen molar-refractivity contribution in [2.75, 3.05) is 13.2 Å². The second kappa shape index (κ2) is 7.40. The molecule has 0 bridgehead atoms. The van der Waals surface area contributed by atoms with Crippen molar-refractivity contribution in [3.05, 3.63) is 29.8 Å².